The van der Waals surface area contributed by atoms with Crippen molar-refractivity contribution in [3.8, 4) is 17.0 Å². The highest BCUT2D eigenvalue weighted by molar-refractivity contribution is 5.65. The quantitative estimate of drug-likeness (QED) is 0.846. The minimum absolute atomic E-state index is 0.101. The molecule has 1 aromatic carbocycles. The third-order valence-corrected chi connectivity index (χ3v) is 2.39. The van der Waals surface area contributed by atoms with E-state index in [-0.39, 0.29) is 5.88 Å². The zero-order valence-electron chi connectivity index (χ0n) is 8.95. The van der Waals surface area contributed by atoms with Gasteiger partial charge in [0.15, 0.2) is 0 Å². The molecule has 0 amide bonds. The Labute approximate surface area is 95.6 Å². The molecule has 2 aromatic rings. The Hall–Kier alpha value is -2.11. The molecule has 0 atom stereocenters. The molecule has 0 aliphatic rings. The molecule has 0 aliphatic carbocycles. The Bertz CT molecular complexity index is 552. The van der Waals surface area contributed by atoms with E-state index in [0.717, 1.165) is 0 Å². The predicted octanol–water partition coefficient (Wildman–Crippen LogP) is 2.88. The van der Waals surface area contributed by atoms with Crippen LogP contribution in [0.5, 0.6) is 5.75 Å². The van der Waals surface area contributed by atoms with Gasteiger partial charge in [0.05, 0.1) is 5.56 Å². The van der Waals surface area contributed by atoms with Crippen LogP contribution in [0.3, 0.4) is 0 Å². The van der Waals surface area contributed by atoms with Crippen LogP contribution < -0.4 is 5.73 Å². The number of halogens is 2. The number of hydrogen-bond donors (Lipinski definition) is 2. The highest BCUT2D eigenvalue weighted by atomic mass is 19.3. The van der Waals surface area contributed by atoms with E-state index in [0.29, 0.717) is 16.8 Å². The monoisotopic (exact) mass is 240 g/mol. The van der Waals surface area contributed by atoms with Crippen molar-refractivity contribution < 1.29 is 18.4 Å². The summed E-state index contributed by atoms with van der Waals surface area (Å²) < 4.78 is 30.0. The van der Waals surface area contributed by atoms with Crippen LogP contribution in [0.1, 0.15) is 17.6 Å². The molecule has 0 unspecified atom stereocenters. The Balaban J connectivity index is 2.56. The van der Waals surface area contributed by atoms with Gasteiger partial charge in [0.2, 0.25) is 5.88 Å². The maximum absolute atomic E-state index is 12.7. The summed E-state index contributed by atoms with van der Waals surface area (Å²) >= 11 is 0. The lowest BCUT2D eigenvalue weighted by atomic mass is 10.0. The van der Waals surface area contributed by atoms with Crippen LogP contribution in [-0.2, 0) is 0 Å². The molecular formula is C11H10F2N2O2. The lowest BCUT2D eigenvalue weighted by molar-refractivity contribution is 0.147. The standard InChI is InChI=1S/C11H10F2N2O2/c1-5-2-6(8-4-9(14)17-15-8)3-7(10(5)16)11(12)13/h2-4,11,16H,14H2,1H3. The number of benzene rings is 1. The number of nitrogens with two attached hydrogens (primary N) is 1. The number of aromatic hydroxyl groups is 1. The second-order valence-electron chi connectivity index (χ2n) is 3.65. The van der Waals surface area contributed by atoms with Gasteiger partial charge in [0, 0.05) is 11.6 Å². The van der Waals surface area contributed by atoms with Crippen molar-refractivity contribution in [2.45, 2.75) is 13.3 Å². The molecule has 17 heavy (non-hydrogen) atoms. The second-order valence-corrected chi connectivity index (χ2v) is 3.65. The highest BCUT2D eigenvalue weighted by Gasteiger charge is 2.17. The van der Waals surface area contributed by atoms with Crippen LogP contribution in [0.4, 0.5) is 14.7 Å². The van der Waals surface area contributed by atoms with Crippen molar-refractivity contribution in [2.75, 3.05) is 5.73 Å². The maximum atomic E-state index is 12.7. The van der Waals surface area contributed by atoms with Crippen LogP contribution in [0, 0.1) is 6.92 Å². The first-order chi connectivity index (χ1) is 7.99. The van der Waals surface area contributed by atoms with E-state index in [4.69, 9.17) is 5.73 Å². The molecule has 0 fully saturated rings. The van der Waals surface area contributed by atoms with Gasteiger partial charge in [-0.3, -0.25) is 0 Å². The van der Waals surface area contributed by atoms with E-state index in [9.17, 15) is 13.9 Å². The van der Waals surface area contributed by atoms with Crippen molar-refractivity contribution in [3.05, 3.63) is 29.3 Å². The molecule has 1 heterocycles. The second kappa shape index (κ2) is 4.04. The smallest absolute Gasteiger partial charge is 0.267 e. The topological polar surface area (TPSA) is 72.3 Å². The third-order valence-electron chi connectivity index (χ3n) is 2.39. The molecule has 0 saturated carbocycles. The predicted molar refractivity (Wildman–Crippen MR) is 57.7 cm³/mol. The lowest BCUT2D eigenvalue weighted by Gasteiger charge is -2.08. The van der Waals surface area contributed by atoms with Crippen molar-refractivity contribution in [1.82, 2.24) is 5.16 Å². The molecule has 90 valence electrons. The molecule has 2 rings (SSSR count). The fourth-order valence-corrected chi connectivity index (χ4v) is 1.55. The van der Waals surface area contributed by atoms with Gasteiger partial charge in [0.1, 0.15) is 11.4 Å². The summed E-state index contributed by atoms with van der Waals surface area (Å²) in [4.78, 5) is 0. The summed E-state index contributed by atoms with van der Waals surface area (Å²) in [6.07, 6.45) is -2.75. The van der Waals surface area contributed by atoms with E-state index < -0.39 is 17.7 Å². The van der Waals surface area contributed by atoms with Crippen LogP contribution in [-0.4, -0.2) is 10.3 Å². The SMILES string of the molecule is Cc1cc(-c2cc(N)on2)cc(C(F)F)c1O. The van der Waals surface area contributed by atoms with Crippen LogP contribution >= 0.6 is 0 Å². The molecule has 0 spiro atoms. The summed E-state index contributed by atoms with van der Waals surface area (Å²) in [7, 11) is 0. The number of anilines is 1. The largest absolute Gasteiger partial charge is 0.507 e. The zero-order valence-corrected chi connectivity index (χ0v) is 8.95. The van der Waals surface area contributed by atoms with Gasteiger partial charge in [-0.25, -0.2) is 8.78 Å². The minimum Gasteiger partial charge on any atom is -0.507 e. The van der Waals surface area contributed by atoms with Gasteiger partial charge >= 0.3 is 0 Å². The summed E-state index contributed by atoms with van der Waals surface area (Å²) in [5, 5.41) is 13.1. The zero-order chi connectivity index (χ0) is 12.6. The molecule has 0 radical (unpaired) electrons. The molecule has 6 heteroatoms. The lowest BCUT2D eigenvalue weighted by Crippen LogP contribution is -1.90. The summed E-state index contributed by atoms with van der Waals surface area (Å²) in [5.41, 5.74) is 6.05. The van der Waals surface area contributed by atoms with Gasteiger partial charge in [-0.2, -0.15) is 0 Å². The van der Waals surface area contributed by atoms with Crippen LogP contribution in [0.15, 0.2) is 22.7 Å². The first kappa shape index (κ1) is 11.4. The summed E-state index contributed by atoms with van der Waals surface area (Å²) in [5.74, 6) is -0.301. The van der Waals surface area contributed by atoms with Crippen molar-refractivity contribution in [2.24, 2.45) is 0 Å². The summed E-state index contributed by atoms with van der Waals surface area (Å²) in [6, 6.07) is 4.14. The number of aromatic nitrogens is 1. The maximum Gasteiger partial charge on any atom is 0.267 e. The molecule has 0 bridgehead atoms. The van der Waals surface area contributed by atoms with Gasteiger partial charge in [-0.15, -0.1) is 0 Å². The molecule has 1 aromatic heterocycles. The Morgan fingerprint density at radius 1 is 1.35 bits per heavy atom. The van der Waals surface area contributed by atoms with Gasteiger partial charge in [-0.05, 0) is 24.6 Å². The van der Waals surface area contributed by atoms with Gasteiger partial charge < -0.3 is 15.4 Å². The number of alkyl halides is 2. The number of phenols is 1. The van der Waals surface area contributed by atoms with Crippen molar-refractivity contribution in [1.29, 1.82) is 0 Å². The number of phenolic OH excluding ortho intramolecular Hbond substituents is 1. The molecule has 0 saturated heterocycles. The van der Waals surface area contributed by atoms with E-state index >= 15 is 0 Å². The molecule has 4 nitrogen and oxygen atoms in total. The first-order valence-corrected chi connectivity index (χ1v) is 4.83. The van der Waals surface area contributed by atoms with E-state index in [2.05, 4.69) is 9.68 Å². The van der Waals surface area contributed by atoms with E-state index in [1.165, 1.54) is 19.1 Å². The number of hydrogen-bond acceptors (Lipinski definition) is 4. The number of aryl methyl sites for hydroxylation is 1. The van der Waals surface area contributed by atoms with E-state index in [1.807, 2.05) is 0 Å². The van der Waals surface area contributed by atoms with E-state index in [1.54, 1.807) is 6.07 Å². The first-order valence-electron chi connectivity index (χ1n) is 4.83. The van der Waals surface area contributed by atoms with Crippen molar-refractivity contribution >= 4 is 5.88 Å². The number of nitrogen functional groups attached to an aromatic ring is 1. The fraction of sp³-hybridized carbons (Fsp3) is 0.182. The van der Waals surface area contributed by atoms with Crippen LogP contribution in [0.2, 0.25) is 0 Å². The van der Waals surface area contributed by atoms with Crippen molar-refractivity contribution in [3.63, 3.8) is 0 Å². The number of nitrogens with zero attached hydrogens (tertiary/aromatic N) is 1. The third kappa shape index (κ3) is 2.06. The van der Waals surface area contributed by atoms with Gasteiger partial charge in [0.25, 0.3) is 6.43 Å². The van der Waals surface area contributed by atoms with Gasteiger partial charge in [-0.1, -0.05) is 5.16 Å². The highest BCUT2D eigenvalue weighted by Crippen LogP contribution is 2.35. The number of rotatable bonds is 2. The minimum atomic E-state index is -2.75. The molecule has 3 N–H and O–H groups in total. The normalized spacial score (nSPS) is 11.1. The van der Waals surface area contributed by atoms with Crippen LogP contribution in [0.25, 0.3) is 11.3 Å². The Kier molecular flexibility index (Phi) is 2.71. The fourth-order valence-electron chi connectivity index (χ4n) is 1.55. The Morgan fingerprint density at radius 2 is 2.06 bits per heavy atom. The average molecular weight is 240 g/mol. The molecular weight excluding hydrogens is 230 g/mol. The molecule has 0 aliphatic heterocycles. The summed E-state index contributed by atoms with van der Waals surface area (Å²) in [6.45, 7) is 1.54. The average Bonchev–Trinajstić information content (AvgIpc) is 2.68. The Morgan fingerprint density at radius 3 is 2.59 bits per heavy atom.